The number of benzene rings is 1. The molecule has 0 bridgehead atoms. The monoisotopic (exact) mass is 271 g/mol. The maximum Gasteiger partial charge on any atom is 0.136 e. The third kappa shape index (κ3) is 2.31. The minimum atomic E-state index is 0.915. The summed E-state index contributed by atoms with van der Waals surface area (Å²) in [5.74, 6) is 2.00. The Morgan fingerprint density at radius 3 is 2.60 bits per heavy atom. The summed E-state index contributed by atoms with van der Waals surface area (Å²) in [6, 6.07) is 8.20. The minimum absolute atomic E-state index is 0.915. The SMILES string of the molecule is CCN1CCN(c2nccc3c(OC)cccc23)CC1. The van der Waals surface area contributed by atoms with Crippen molar-refractivity contribution in [2.45, 2.75) is 6.92 Å². The second-order valence-electron chi connectivity index (χ2n) is 5.11. The molecule has 1 aromatic heterocycles. The molecule has 106 valence electrons. The fraction of sp³-hybridized carbons (Fsp3) is 0.438. The van der Waals surface area contributed by atoms with Crippen molar-refractivity contribution in [1.82, 2.24) is 9.88 Å². The van der Waals surface area contributed by atoms with E-state index in [1.165, 1.54) is 5.39 Å². The molecule has 0 saturated carbocycles. The summed E-state index contributed by atoms with van der Waals surface area (Å²) in [6.45, 7) is 7.65. The predicted molar refractivity (Wildman–Crippen MR) is 82.6 cm³/mol. The van der Waals surface area contributed by atoms with Crippen LogP contribution in [-0.4, -0.2) is 49.7 Å². The van der Waals surface area contributed by atoms with Crippen LogP contribution in [0.25, 0.3) is 10.8 Å². The first-order valence-corrected chi connectivity index (χ1v) is 7.22. The highest BCUT2D eigenvalue weighted by Gasteiger charge is 2.19. The van der Waals surface area contributed by atoms with Crippen molar-refractivity contribution in [2.24, 2.45) is 0 Å². The van der Waals surface area contributed by atoms with E-state index >= 15 is 0 Å². The van der Waals surface area contributed by atoms with Gasteiger partial charge in [0.05, 0.1) is 7.11 Å². The molecule has 1 aliphatic rings. The molecule has 0 N–H and O–H groups in total. The zero-order valence-electron chi connectivity index (χ0n) is 12.2. The topological polar surface area (TPSA) is 28.6 Å². The molecule has 2 aromatic rings. The molecule has 1 aliphatic heterocycles. The van der Waals surface area contributed by atoms with Gasteiger partial charge in [0.2, 0.25) is 0 Å². The fourth-order valence-corrected chi connectivity index (χ4v) is 2.87. The smallest absolute Gasteiger partial charge is 0.136 e. The number of hydrogen-bond acceptors (Lipinski definition) is 4. The van der Waals surface area contributed by atoms with Gasteiger partial charge in [0.1, 0.15) is 11.6 Å². The summed E-state index contributed by atoms with van der Waals surface area (Å²) in [7, 11) is 1.72. The molecule has 1 fully saturated rings. The number of methoxy groups -OCH3 is 1. The molecule has 1 aromatic carbocycles. The van der Waals surface area contributed by atoms with Gasteiger partial charge in [0.15, 0.2) is 0 Å². The normalized spacial score (nSPS) is 16.6. The predicted octanol–water partition coefficient (Wildman–Crippen LogP) is 2.39. The Morgan fingerprint density at radius 2 is 1.90 bits per heavy atom. The third-order valence-electron chi connectivity index (χ3n) is 4.08. The maximum absolute atomic E-state index is 5.45. The number of rotatable bonds is 3. The number of ether oxygens (including phenoxy) is 1. The zero-order valence-corrected chi connectivity index (χ0v) is 12.2. The van der Waals surface area contributed by atoms with Crippen molar-refractivity contribution in [3.05, 3.63) is 30.5 Å². The van der Waals surface area contributed by atoms with E-state index in [1.807, 2.05) is 24.4 Å². The Kier molecular flexibility index (Phi) is 3.74. The second-order valence-corrected chi connectivity index (χ2v) is 5.11. The van der Waals surface area contributed by atoms with E-state index in [4.69, 9.17) is 4.74 Å². The number of pyridine rings is 1. The molecule has 0 atom stereocenters. The molecule has 20 heavy (non-hydrogen) atoms. The molecule has 0 amide bonds. The number of aromatic nitrogens is 1. The van der Waals surface area contributed by atoms with Gasteiger partial charge in [-0.25, -0.2) is 4.98 Å². The number of nitrogens with zero attached hydrogens (tertiary/aromatic N) is 3. The molecule has 0 aliphatic carbocycles. The first-order chi connectivity index (χ1) is 9.83. The van der Waals surface area contributed by atoms with E-state index in [0.29, 0.717) is 0 Å². The van der Waals surface area contributed by atoms with Gasteiger partial charge < -0.3 is 14.5 Å². The van der Waals surface area contributed by atoms with Crippen LogP contribution >= 0.6 is 0 Å². The molecule has 3 rings (SSSR count). The van der Waals surface area contributed by atoms with Crippen LogP contribution in [-0.2, 0) is 0 Å². The van der Waals surface area contributed by atoms with Gasteiger partial charge in [0, 0.05) is 43.1 Å². The van der Waals surface area contributed by atoms with Gasteiger partial charge in [-0.1, -0.05) is 19.1 Å². The van der Waals surface area contributed by atoms with Crippen molar-refractivity contribution in [3.8, 4) is 5.75 Å². The van der Waals surface area contributed by atoms with Crippen LogP contribution in [0.4, 0.5) is 5.82 Å². The number of piperazine rings is 1. The van der Waals surface area contributed by atoms with Gasteiger partial charge in [-0.15, -0.1) is 0 Å². The highest BCUT2D eigenvalue weighted by atomic mass is 16.5. The summed E-state index contributed by atoms with van der Waals surface area (Å²) in [6.07, 6.45) is 1.88. The standard InChI is InChI=1S/C16H21N3O/c1-3-18-9-11-19(12-10-18)16-14-5-4-6-15(20-2)13(14)7-8-17-16/h4-8H,3,9-12H2,1-2H3. The van der Waals surface area contributed by atoms with Gasteiger partial charge >= 0.3 is 0 Å². The van der Waals surface area contributed by atoms with E-state index < -0.39 is 0 Å². The van der Waals surface area contributed by atoms with Crippen LogP contribution < -0.4 is 9.64 Å². The first kappa shape index (κ1) is 13.2. The Labute approximate surface area is 120 Å². The van der Waals surface area contributed by atoms with Crippen LogP contribution in [0.5, 0.6) is 5.75 Å². The van der Waals surface area contributed by atoms with Crippen LogP contribution in [0.3, 0.4) is 0 Å². The molecular formula is C16H21N3O. The lowest BCUT2D eigenvalue weighted by molar-refractivity contribution is 0.271. The second kappa shape index (κ2) is 5.67. The number of hydrogen-bond donors (Lipinski definition) is 0. The lowest BCUT2D eigenvalue weighted by Crippen LogP contribution is -2.46. The maximum atomic E-state index is 5.45. The van der Waals surface area contributed by atoms with Crippen LogP contribution in [0.2, 0.25) is 0 Å². The molecule has 1 saturated heterocycles. The average molecular weight is 271 g/mol. The largest absolute Gasteiger partial charge is 0.496 e. The van der Waals surface area contributed by atoms with Crippen molar-refractivity contribution in [2.75, 3.05) is 44.7 Å². The average Bonchev–Trinajstić information content (AvgIpc) is 2.54. The Morgan fingerprint density at radius 1 is 1.10 bits per heavy atom. The third-order valence-corrected chi connectivity index (χ3v) is 4.08. The zero-order chi connectivity index (χ0) is 13.9. The van der Waals surface area contributed by atoms with Crippen molar-refractivity contribution < 1.29 is 4.74 Å². The Hall–Kier alpha value is -1.81. The first-order valence-electron chi connectivity index (χ1n) is 7.22. The summed E-state index contributed by atoms with van der Waals surface area (Å²) < 4.78 is 5.45. The summed E-state index contributed by atoms with van der Waals surface area (Å²) in [4.78, 5) is 9.47. The molecule has 2 heterocycles. The quantitative estimate of drug-likeness (QED) is 0.857. The molecule has 4 heteroatoms. The van der Waals surface area contributed by atoms with Crippen LogP contribution in [0.15, 0.2) is 30.5 Å². The fourth-order valence-electron chi connectivity index (χ4n) is 2.87. The van der Waals surface area contributed by atoms with Crippen LogP contribution in [0.1, 0.15) is 6.92 Å². The molecule has 0 unspecified atom stereocenters. The number of anilines is 1. The van der Waals surface area contributed by atoms with Gasteiger partial charge in [-0.3, -0.25) is 0 Å². The summed E-state index contributed by atoms with van der Waals surface area (Å²) >= 11 is 0. The molecule has 0 radical (unpaired) electrons. The van der Waals surface area contributed by atoms with E-state index in [-0.39, 0.29) is 0 Å². The van der Waals surface area contributed by atoms with Crippen molar-refractivity contribution in [3.63, 3.8) is 0 Å². The summed E-state index contributed by atoms with van der Waals surface area (Å²) in [5, 5.41) is 2.31. The lowest BCUT2D eigenvalue weighted by Gasteiger charge is -2.35. The number of likely N-dealkylation sites (N-methyl/N-ethyl adjacent to an activating group) is 1. The van der Waals surface area contributed by atoms with E-state index in [9.17, 15) is 0 Å². The van der Waals surface area contributed by atoms with Gasteiger partial charge in [-0.05, 0) is 18.7 Å². The van der Waals surface area contributed by atoms with E-state index in [0.717, 1.165) is 49.7 Å². The van der Waals surface area contributed by atoms with E-state index in [2.05, 4.69) is 27.8 Å². The molecule has 0 spiro atoms. The van der Waals surface area contributed by atoms with Crippen LogP contribution in [0, 0.1) is 0 Å². The van der Waals surface area contributed by atoms with Gasteiger partial charge in [0.25, 0.3) is 0 Å². The van der Waals surface area contributed by atoms with E-state index in [1.54, 1.807) is 7.11 Å². The van der Waals surface area contributed by atoms with Gasteiger partial charge in [-0.2, -0.15) is 0 Å². The highest BCUT2D eigenvalue weighted by Crippen LogP contribution is 2.31. The van der Waals surface area contributed by atoms with Crippen molar-refractivity contribution >= 4 is 16.6 Å². The minimum Gasteiger partial charge on any atom is -0.496 e. The highest BCUT2D eigenvalue weighted by molar-refractivity contribution is 5.96. The summed E-state index contributed by atoms with van der Waals surface area (Å²) in [5.41, 5.74) is 0. The van der Waals surface area contributed by atoms with Crippen molar-refractivity contribution in [1.29, 1.82) is 0 Å². The lowest BCUT2D eigenvalue weighted by atomic mass is 10.1. The molecular weight excluding hydrogens is 250 g/mol. The number of fused-ring (bicyclic) bond motifs is 1. The Balaban J connectivity index is 1.96. The molecule has 4 nitrogen and oxygen atoms in total. The Bertz CT molecular complexity index is 591.